The fraction of sp³-hybridized carbons (Fsp3) is 0.868. The molecule has 1 N–H and O–H groups in total. The van der Waals surface area contributed by atoms with E-state index in [4.69, 9.17) is 37.3 Å². The maximum absolute atomic E-state index is 13.1. The lowest BCUT2D eigenvalue weighted by molar-refractivity contribution is -0.360. The number of carbonyl (C=O) groups is 1. The molecule has 0 spiro atoms. The standard InChI is InChI=1S/C38H72O10Si2/c1-18-25(2)20-19-21-29(47-49(14,15)36(5,6)7)31(42-12)23-32-34(45-35(40)44-32)38(43-13)27(4)33(48-50(16,17)37(8,9)10)26(3)30(46-38)22-28(39)24-41-11/h18,20,26-34,39H,1,19,21-24H2,2-17H3/b25-20+/t26-,27+,28+,29-,30+,31-,32-,33-,34+,38+/m0/s1. The van der Waals surface area contributed by atoms with Crippen LogP contribution in [0.4, 0.5) is 4.79 Å². The summed E-state index contributed by atoms with van der Waals surface area (Å²) < 4.78 is 50.9. The number of allylic oxidation sites excluding steroid dienone is 3. The third-order valence-electron chi connectivity index (χ3n) is 11.9. The minimum atomic E-state index is -2.30. The zero-order valence-corrected chi connectivity index (χ0v) is 36.2. The molecule has 0 aromatic rings. The molecule has 0 bridgehead atoms. The molecule has 0 amide bonds. The Morgan fingerprint density at radius 2 is 1.56 bits per heavy atom. The number of hydrogen-bond acceptors (Lipinski definition) is 10. The Bertz CT molecular complexity index is 1130. The highest BCUT2D eigenvalue weighted by Crippen LogP contribution is 2.50. The molecule has 10 nitrogen and oxygen atoms in total. The van der Waals surface area contributed by atoms with Crippen molar-refractivity contribution in [1.29, 1.82) is 0 Å². The van der Waals surface area contributed by atoms with E-state index in [0.29, 0.717) is 12.8 Å². The van der Waals surface area contributed by atoms with E-state index in [1.54, 1.807) is 21.3 Å². The Morgan fingerprint density at radius 1 is 0.960 bits per heavy atom. The van der Waals surface area contributed by atoms with Gasteiger partial charge in [-0.05, 0) is 56.0 Å². The quantitative estimate of drug-likeness (QED) is 0.0835. The van der Waals surface area contributed by atoms with Crippen molar-refractivity contribution < 1.29 is 47.2 Å². The summed E-state index contributed by atoms with van der Waals surface area (Å²) in [4.78, 5) is 13.1. The van der Waals surface area contributed by atoms with Crippen LogP contribution in [0.3, 0.4) is 0 Å². The summed E-state index contributed by atoms with van der Waals surface area (Å²) in [6, 6.07) is 0. The number of carbonyl (C=O) groups excluding carboxylic acids is 1. The van der Waals surface area contributed by atoms with Crippen LogP contribution < -0.4 is 0 Å². The zero-order chi connectivity index (χ0) is 38.5. The van der Waals surface area contributed by atoms with E-state index in [9.17, 15) is 9.90 Å². The molecule has 0 aliphatic carbocycles. The van der Waals surface area contributed by atoms with Gasteiger partial charge < -0.3 is 42.4 Å². The first-order valence-corrected chi connectivity index (χ1v) is 24.2. The number of cyclic esters (lactones) is 2. The summed E-state index contributed by atoms with van der Waals surface area (Å²) in [7, 11) is 0.288. The van der Waals surface area contributed by atoms with Crippen molar-refractivity contribution in [3.8, 4) is 0 Å². The lowest BCUT2D eigenvalue weighted by atomic mass is 9.76. The van der Waals surface area contributed by atoms with Crippen molar-refractivity contribution in [2.75, 3.05) is 27.9 Å². The van der Waals surface area contributed by atoms with Gasteiger partial charge in [0.1, 0.15) is 0 Å². The third kappa shape index (κ3) is 10.7. The number of methoxy groups -OCH3 is 3. The smallest absolute Gasteiger partial charge is 0.427 e. The molecule has 0 unspecified atom stereocenters. The fourth-order valence-electron chi connectivity index (χ4n) is 6.51. The van der Waals surface area contributed by atoms with Gasteiger partial charge in [0, 0.05) is 46.0 Å². The lowest BCUT2D eigenvalue weighted by Gasteiger charge is -2.55. The Kier molecular flexibility index (Phi) is 16.1. The van der Waals surface area contributed by atoms with E-state index in [1.807, 2.05) is 19.9 Å². The van der Waals surface area contributed by atoms with Gasteiger partial charge in [-0.25, -0.2) is 4.79 Å². The summed E-state index contributed by atoms with van der Waals surface area (Å²) in [5, 5.41) is 10.8. The predicted molar refractivity (Wildman–Crippen MR) is 203 cm³/mol. The highest BCUT2D eigenvalue weighted by molar-refractivity contribution is 6.74. The molecular weight excluding hydrogens is 673 g/mol. The highest BCUT2D eigenvalue weighted by Gasteiger charge is 2.64. The average molecular weight is 745 g/mol. The minimum absolute atomic E-state index is 0.0222. The summed E-state index contributed by atoms with van der Waals surface area (Å²) >= 11 is 0. The monoisotopic (exact) mass is 744 g/mol. The van der Waals surface area contributed by atoms with Gasteiger partial charge >= 0.3 is 6.16 Å². The highest BCUT2D eigenvalue weighted by atomic mass is 28.4. The molecule has 0 aromatic carbocycles. The second-order valence-corrected chi connectivity index (χ2v) is 27.0. The summed E-state index contributed by atoms with van der Waals surface area (Å²) in [6.07, 6.45) is 1.31. The SMILES string of the molecule is C=C/C(C)=C/CC[C@H](O[Si](C)(C)C(C)(C)C)[C@H](C[C@@H]1OC(=O)O[C@H]1[C@]1(OC)O[C@H](C[C@@H](O)COC)[C@H](C)[C@H](O[Si](C)(C)C(C)(C)C)[C@H]1C)OC. The molecule has 0 saturated carbocycles. The van der Waals surface area contributed by atoms with Crippen molar-refractivity contribution >= 4 is 22.8 Å². The molecule has 2 rings (SSSR count). The van der Waals surface area contributed by atoms with E-state index in [1.165, 1.54) is 0 Å². The molecule has 292 valence electrons. The molecular formula is C38H72O10Si2. The van der Waals surface area contributed by atoms with Gasteiger partial charge in [0.2, 0.25) is 5.79 Å². The maximum Gasteiger partial charge on any atom is 0.509 e. The first-order chi connectivity index (χ1) is 22.9. The fourth-order valence-corrected chi connectivity index (χ4v) is 9.34. The van der Waals surface area contributed by atoms with E-state index in [2.05, 4.69) is 87.3 Å². The van der Waals surface area contributed by atoms with Gasteiger partial charge in [0.05, 0.1) is 37.1 Å². The molecule has 2 aliphatic heterocycles. The molecule has 2 fully saturated rings. The number of hydrogen-bond donors (Lipinski definition) is 1. The Morgan fingerprint density at radius 3 is 2.06 bits per heavy atom. The van der Waals surface area contributed by atoms with Crippen molar-refractivity contribution in [1.82, 2.24) is 0 Å². The topological polar surface area (TPSA) is 111 Å². The third-order valence-corrected chi connectivity index (χ3v) is 20.8. The number of aliphatic hydroxyl groups is 1. The van der Waals surface area contributed by atoms with Crippen molar-refractivity contribution in [3.63, 3.8) is 0 Å². The first kappa shape index (κ1) is 45.1. The van der Waals surface area contributed by atoms with E-state index < -0.39 is 59.1 Å². The van der Waals surface area contributed by atoms with Crippen LogP contribution >= 0.6 is 0 Å². The molecule has 2 saturated heterocycles. The van der Waals surface area contributed by atoms with E-state index in [0.717, 1.165) is 12.0 Å². The second kappa shape index (κ2) is 17.8. The van der Waals surface area contributed by atoms with Gasteiger partial charge in [0.15, 0.2) is 28.8 Å². The Labute approximate surface area is 306 Å². The van der Waals surface area contributed by atoms with Crippen LogP contribution in [0.15, 0.2) is 24.3 Å². The number of aliphatic hydroxyl groups excluding tert-OH is 1. The van der Waals surface area contributed by atoms with Crippen LogP contribution in [-0.4, -0.2) is 104 Å². The van der Waals surface area contributed by atoms with Crippen molar-refractivity contribution in [3.05, 3.63) is 24.3 Å². The zero-order valence-electron chi connectivity index (χ0n) is 34.2. The van der Waals surface area contributed by atoms with E-state index >= 15 is 0 Å². The van der Waals surface area contributed by atoms with Crippen LogP contribution in [0.1, 0.15) is 88.0 Å². The molecule has 2 heterocycles. The number of rotatable bonds is 18. The number of ether oxygens (including phenoxy) is 6. The van der Waals surface area contributed by atoms with Crippen molar-refractivity contribution in [2.24, 2.45) is 11.8 Å². The van der Waals surface area contributed by atoms with Crippen LogP contribution in [-0.2, 0) is 37.3 Å². The van der Waals surface area contributed by atoms with Crippen LogP contribution in [0.2, 0.25) is 36.3 Å². The second-order valence-electron chi connectivity index (χ2n) is 17.5. The van der Waals surface area contributed by atoms with Gasteiger partial charge in [-0.3, -0.25) is 0 Å². The molecule has 50 heavy (non-hydrogen) atoms. The van der Waals surface area contributed by atoms with Gasteiger partial charge in [-0.15, -0.1) is 0 Å². The van der Waals surface area contributed by atoms with E-state index in [-0.39, 0.29) is 47.1 Å². The van der Waals surface area contributed by atoms with Gasteiger partial charge in [-0.1, -0.05) is 79.7 Å². The Hall–Kier alpha value is -1.10. The summed E-state index contributed by atoms with van der Waals surface area (Å²) in [6.45, 7) is 32.4. The van der Waals surface area contributed by atoms with Crippen LogP contribution in [0.25, 0.3) is 0 Å². The molecule has 2 aliphatic rings. The summed E-state index contributed by atoms with van der Waals surface area (Å²) in [5.41, 5.74) is 1.10. The first-order valence-electron chi connectivity index (χ1n) is 18.4. The van der Waals surface area contributed by atoms with Crippen molar-refractivity contribution in [2.45, 2.75) is 173 Å². The Balaban J connectivity index is 2.60. The lowest BCUT2D eigenvalue weighted by Crippen LogP contribution is -2.67. The molecule has 0 radical (unpaired) electrons. The minimum Gasteiger partial charge on any atom is -0.427 e. The van der Waals surface area contributed by atoms with Gasteiger partial charge in [-0.2, -0.15) is 0 Å². The largest absolute Gasteiger partial charge is 0.509 e. The predicted octanol–water partition coefficient (Wildman–Crippen LogP) is 8.40. The summed E-state index contributed by atoms with van der Waals surface area (Å²) in [5.74, 6) is -1.92. The normalized spacial score (nSPS) is 30.4. The maximum atomic E-state index is 13.1. The van der Waals surface area contributed by atoms with Gasteiger partial charge in [0.25, 0.3) is 0 Å². The molecule has 10 atom stereocenters. The molecule has 12 heteroatoms. The molecule has 0 aromatic heterocycles. The average Bonchev–Trinajstić information content (AvgIpc) is 3.37. The van der Waals surface area contributed by atoms with Crippen LogP contribution in [0, 0.1) is 11.8 Å². The van der Waals surface area contributed by atoms with Crippen LogP contribution in [0.5, 0.6) is 0 Å².